The van der Waals surface area contributed by atoms with E-state index in [1.165, 1.54) is 0 Å². The monoisotopic (exact) mass is 362 g/mol. The largest absolute Gasteiger partial charge is 0.444 e. The van der Waals surface area contributed by atoms with Crippen LogP contribution in [-0.4, -0.2) is 18.4 Å². The Morgan fingerprint density at radius 3 is 2.82 bits per heavy atom. The van der Waals surface area contributed by atoms with E-state index >= 15 is 0 Å². The summed E-state index contributed by atoms with van der Waals surface area (Å²) in [4.78, 5) is 25.2. The molecule has 0 aliphatic carbocycles. The molecule has 6 heteroatoms. The molecule has 0 radical (unpaired) electrons. The van der Waals surface area contributed by atoms with Crippen molar-refractivity contribution in [3.63, 3.8) is 0 Å². The fourth-order valence-electron chi connectivity index (χ4n) is 2.60. The number of rotatable bonds is 3. The van der Waals surface area contributed by atoms with Crippen LogP contribution in [0.15, 0.2) is 39.4 Å². The van der Waals surface area contributed by atoms with E-state index in [4.69, 9.17) is 4.42 Å². The summed E-state index contributed by atoms with van der Waals surface area (Å²) in [6.45, 7) is 2.72. The van der Waals surface area contributed by atoms with Gasteiger partial charge in [-0.25, -0.2) is 0 Å². The number of furan rings is 1. The van der Waals surface area contributed by atoms with Crippen LogP contribution < -0.4 is 10.2 Å². The summed E-state index contributed by atoms with van der Waals surface area (Å²) in [5.41, 5.74) is 3.11. The molecule has 1 aromatic heterocycles. The zero-order chi connectivity index (χ0) is 15.7. The predicted octanol–water partition coefficient (Wildman–Crippen LogP) is 2.88. The zero-order valence-electron chi connectivity index (χ0n) is 12.1. The van der Waals surface area contributed by atoms with E-state index in [9.17, 15) is 9.59 Å². The Kier molecular flexibility index (Phi) is 4.02. The Morgan fingerprint density at radius 2 is 2.14 bits per heavy atom. The molecule has 0 saturated heterocycles. The Labute approximate surface area is 136 Å². The summed E-state index contributed by atoms with van der Waals surface area (Å²) in [6, 6.07) is 9.21. The third kappa shape index (κ3) is 2.92. The second-order valence-electron chi connectivity index (χ2n) is 5.17. The lowest BCUT2D eigenvalue weighted by atomic mass is 10.1. The Bertz CT molecular complexity index is 739. The lowest BCUT2D eigenvalue weighted by Crippen LogP contribution is -2.25. The highest BCUT2D eigenvalue weighted by Gasteiger charge is 2.22. The Morgan fingerprint density at radius 1 is 1.32 bits per heavy atom. The van der Waals surface area contributed by atoms with Crippen molar-refractivity contribution >= 4 is 33.4 Å². The molecule has 1 N–H and O–H groups in total. The first-order valence-corrected chi connectivity index (χ1v) is 7.77. The van der Waals surface area contributed by atoms with E-state index in [-0.39, 0.29) is 17.6 Å². The van der Waals surface area contributed by atoms with Gasteiger partial charge in [0.15, 0.2) is 10.4 Å². The van der Waals surface area contributed by atoms with Crippen LogP contribution in [0, 0.1) is 0 Å². The van der Waals surface area contributed by atoms with Crippen LogP contribution in [0.1, 0.15) is 28.6 Å². The van der Waals surface area contributed by atoms with Crippen LogP contribution in [0.25, 0.3) is 0 Å². The fraction of sp³-hybridized carbons (Fsp3) is 0.250. The molecule has 1 aliphatic rings. The van der Waals surface area contributed by atoms with Gasteiger partial charge in [-0.2, -0.15) is 0 Å². The minimum atomic E-state index is -0.253. The number of amides is 2. The van der Waals surface area contributed by atoms with Gasteiger partial charge in [0.2, 0.25) is 5.91 Å². The molecule has 114 valence electrons. The van der Waals surface area contributed by atoms with Crippen molar-refractivity contribution in [2.24, 2.45) is 0 Å². The van der Waals surface area contributed by atoms with Gasteiger partial charge in [-0.1, -0.05) is 12.1 Å². The minimum absolute atomic E-state index is 0.0585. The van der Waals surface area contributed by atoms with Crippen molar-refractivity contribution in [1.82, 2.24) is 5.32 Å². The van der Waals surface area contributed by atoms with Crippen molar-refractivity contribution < 1.29 is 14.0 Å². The van der Waals surface area contributed by atoms with Gasteiger partial charge < -0.3 is 14.6 Å². The number of nitrogens with zero attached hydrogens (tertiary/aromatic N) is 1. The highest BCUT2D eigenvalue weighted by molar-refractivity contribution is 9.10. The molecule has 2 heterocycles. The van der Waals surface area contributed by atoms with Crippen LogP contribution in [0.3, 0.4) is 0 Å². The van der Waals surface area contributed by atoms with E-state index in [1.54, 1.807) is 24.0 Å². The van der Waals surface area contributed by atoms with Gasteiger partial charge in [-0.05, 0) is 51.7 Å². The van der Waals surface area contributed by atoms with Crippen LogP contribution >= 0.6 is 15.9 Å². The summed E-state index contributed by atoms with van der Waals surface area (Å²) in [6.07, 6.45) is 0.849. The van der Waals surface area contributed by atoms with Crippen LogP contribution in [0.5, 0.6) is 0 Å². The van der Waals surface area contributed by atoms with Gasteiger partial charge in [-0.3, -0.25) is 9.59 Å². The van der Waals surface area contributed by atoms with Crippen LogP contribution in [0.4, 0.5) is 5.69 Å². The molecule has 0 bridgehead atoms. The predicted molar refractivity (Wildman–Crippen MR) is 85.8 cm³/mol. The number of nitrogens with one attached hydrogen (secondary N) is 1. The third-order valence-corrected chi connectivity index (χ3v) is 4.10. The van der Waals surface area contributed by atoms with Gasteiger partial charge in [0, 0.05) is 25.7 Å². The zero-order valence-corrected chi connectivity index (χ0v) is 13.6. The summed E-state index contributed by atoms with van der Waals surface area (Å²) < 4.78 is 5.74. The molecule has 22 heavy (non-hydrogen) atoms. The number of fused-ring (bicyclic) bond motifs is 1. The molecule has 2 aromatic rings. The van der Waals surface area contributed by atoms with Gasteiger partial charge in [0.05, 0.1) is 0 Å². The maximum atomic E-state index is 11.9. The lowest BCUT2D eigenvalue weighted by Gasteiger charge is -2.14. The highest BCUT2D eigenvalue weighted by Crippen LogP contribution is 2.28. The molecular formula is C16H15BrN2O3. The van der Waals surface area contributed by atoms with E-state index < -0.39 is 0 Å². The summed E-state index contributed by atoms with van der Waals surface area (Å²) in [7, 11) is 0. The van der Waals surface area contributed by atoms with Crippen molar-refractivity contribution in [2.75, 3.05) is 11.4 Å². The van der Waals surface area contributed by atoms with Gasteiger partial charge in [0.25, 0.3) is 5.91 Å². The third-order valence-electron chi connectivity index (χ3n) is 3.67. The first-order chi connectivity index (χ1) is 10.5. The number of carbonyl (C=O) groups is 2. The smallest absolute Gasteiger partial charge is 0.287 e. The number of benzene rings is 1. The highest BCUT2D eigenvalue weighted by atomic mass is 79.9. The second kappa shape index (κ2) is 5.96. The number of hydrogen-bond acceptors (Lipinski definition) is 3. The average molecular weight is 363 g/mol. The molecular weight excluding hydrogens is 348 g/mol. The van der Waals surface area contributed by atoms with Crippen molar-refractivity contribution in [3.05, 3.63) is 51.9 Å². The van der Waals surface area contributed by atoms with Crippen molar-refractivity contribution in [2.45, 2.75) is 19.9 Å². The number of carbonyl (C=O) groups excluding carboxylic acids is 2. The summed E-state index contributed by atoms with van der Waals surface area (Å²) in [5.74, 6) is 0.0792. The molecule has 0 fully saturated rings. The van der Waals surface area contributed by atoms with Gasteiger partial charge >= 0.3 is 0 Å². The maximum absolute atomic E-state index is 11.9. The summed E-state index contributed by atoms with van der Waals surface area (Å²) >= 11 is 3.17. The normalized spacial score (nSPS) is 13.1. The number of anilines is 1. The fourth-order valence-corrected chi connectivity index (χ4v) is 2.90. The van der Waals surface area contributed by atoms with Crippen molar-refractivity contribution in [1.29, 1.82) is 0 Å². The minimum Gasteiger partial charge on any atom is -0.444 e. The first kappa shape index (κ1) is 14.8. The average Bonchev–Trinajstić information content (AvgIpc) is 3.10. The van der Waals surface area contributed by atoms with Crippen LogP contribution in [0.2, 0.25) is 0 Å². The molecule has 0 spiro atoms. The Hall–Kier alpha value is -2.08. The molecule has 3 rings (SSSR count). The van der Waals surface area contributed by atoms with E-state index in [0.717, 1.165) is 29.8 Å². The summed E-state index contributed by atoms with van der Waals surface area (Å²) in [5, 5.41) is 2.82. The molecule has 0 atom stereocenters. The lowest BCUT2D eigenvalue weighted by molar-refractivity contribution is -0.116. The topological polar surface area (TPSA) is 62.6 Å². The standard InChI is InChI=1S/C16H15BrN2O3/c1-10(20)19-7-6-12-8-11(2-3-13(12)19)9-18-16(21)14-4-5-15(17)22-14/h2-5,8H,6-7,9H2,1H3,(H,18,21). The van der Waals surface area contributed by atoms with E-state index in [1.807, 2.05) is 18.2 Å². The number of halogens is 1. The first-order valence-electron chi connectivity index (χ1n) is 6.98. The number of hydrogen-bond donors (Lipinski definition) is 1. The maximum Gasteiger partial charge on any atom is 0.287 e. The molecule has 5 nitrogen and oxygen atoms in total. The molecule has 2 amide bonds. The SMILES string of the molecule is CC(=O)N1CCc2cc(CNC(=O)c3ccc(Br)o3)ccc21. The Balaban J connectivity index is 1.67. The van der Waals surface area contributed by atoms with E-state index in [0.29, 0.717) is 11.2 Å². The quantitative estimate of drug-likeness (QED) is 0.912. The van der Waals surface area contributed by atoms with E-state index in [2.05, 4.69) is 21.2 Å². The van der Waals surface area contributed by atoms with Crippen molar-refractivity contribution in [3.8, 4) is 0 Å². The molecule has 1 aromatic carbocycles. The molecule has 1 aliphatic heterocycles. The molecule has 0 saturated carbocycles. The van der Waals surface area contributed by atoms with Crippen LogP contribution in [-0.2, 0) is 17.8 Å². The van der Waals surface area contributed by atoms with Gasteiger partial charge in [0.1, 0.15) is 0 Å². The second-order valence-corrected chi connectivity index (χ2v) is 5.95. The van der Waals surface area contributed by atoms with Gasteiger partial charge in [-0.15, -0.1) is 0 Å². The molecule has 0 unspecified atom stereocenters.